The van der Waals surface area contributed by atoms with Crippen LogP contribution in [-0.2, 0) is 7.05 Å². The first-order valence-corrected chi connectivity index (χ1v) is 5.14. The molecule has 3 heteroatoms. The molecular formula is C11H19N3. The lowest BCUT2D eigenvalue weighted by molar-refractivity contribution is 0.761. The SMILES string of the molecule is CCNCC(=Cc1cncn1C)CC. The summed E-state index contributed by atoms with van der Waals surface area (Å²) in [7, 11) is 2.01. The molecule has 1 heterocycles. The van der Waals surface area contributed by atoms with Crippen molar-refractivity contribution in [2.75, 3.05) is 13.1 Å². The van der Waals surface area contributed by atoms with Gasteiger partial charge in [0.05, 0.1) is 18.2 Å². The number of imidazole rings is 1. The van der Waals surface area contributed by atoms with Gasteiger partial charge in [-0.1, -0.05) is 19.4 Å². The molecule has 1 aromatic rings. The summed E-state index contributed by atoms with van der Waals surface area (Å²) in [6.07, 6.45) is 7.00. The second-order valence-electron chi connectivity index (χ2n) is 3.37. The van der Waals surface area contributed by atoms with Crippen LogP contribution in [0.25, 0.3) is 6.08 Å². The summed E-state index contributed by atoms with van der Waals surface area (Å²) in [6.45, 7) is 6.29. The van der Waals surface area contributed by atoms with Crippen LogP contribution in [0.4, 0.5) is 0 Å². The van der Waals surface area contributed by atoms with E-state index in [4.69, 9.17) is 0 Å². The van der Waals surface area contributed by atoms with Gasteiger partial charge in [-0.3, -0.25) is 0 Å². The minimum atomic E-state index is 0.970. The Morgan fingerprint density at radius 1 is 1.57 bits per heavy atom. The van der Waals surface area contributed by atoms with E-state index in [-0.39, 0.29) is 0 Å². The average molecular weight is 193 g/mol. The van der Waals surface area contributed by atoms with Crippen molar-refractivity contribution < 1.29 is 0 Å². The molecule has 1 rings (SSSR count). The van der Waals surface area contributed by atoms with Gasteiger partial charge in [-0.2, -0.15) is 0 Å². The number of hydrogen-bond acceptors (Lipinski definition) is 2. The van der Waals surface area contributed by atoms with Gasteiger partial charge in [0.1, 0.15) is 0 Å². The van der Waals surface area contributed by atoms with Crippen LogP contribution in [0.3, 0.4) is 0 Å². The molecule has 1 N–H and O–H groups in total. The molecule has 0 aliphatic heterocycles. The fourth-order valence-electron chi connectivity index (χ4n) is 1.28. The zero-order chi connectivity index (χ0) is 10.4. The molecule has 0 atom stereocenters. The second-order valence-corrected chi connectivity index (χ2v) is 3.37. The van der Waals surface area contributed by atoms with E-state index in [1.54, 1.807) is 0 Å². The van der Waals surface area contributed by atoms with Crippen molar-refractivity contribution in [1.82, 2.24) is 14.9 Å². The Morgan fingerprint density at radius 3 is 2.86 bits per heavy atom. The molecule has 0 saturated heterocycles. The second kappa shape index (κ2) is 5.60. The van der Waals surface area contributed by atoms with E-state index in [0.29, 0.717) is 0 Å². The van der Waals surface area contributed by atoms with Crippen LogP contribution in [0.5, 0.6) is 0 Å². The summed E-state index contributed by atoms with van der Waals surface area (Å²) in [5, 5.41) is 3.33. The van der Waals surface area contributed by atoms with Crippen LogP contribution in [0.2, 0.25) is 0 Å². The lowest BCUT2D eigenvalue weighted by Crippen LogP contribution is -2.15. The van der Waals surface area contributed by atoms with Crippen LogP contribution in [-0.4, -0.2) is 22.6 Å². The molecule has 0 bridgehead atoms. The Labute approximate surface area is 85.8 Å². The third-order valence-electron chi connectivity index (χ3n) is 2.26. The highest BCUT2D eigenvalue weighted by Crippen LogP contribution is 2.07. The Hall–Kier alpha value is -1.09. The standard InChI is InChI=1S/C11H19N3/c1-4-10(7-12-5-2)6-11-8-13-9-14(11)3/h6,8-9,12H,4-5,7H2,1-3H3. The summed E-state index contributed by atoms with van der Waals surface area (Å²) >= 11 is 0. The van der Waals surface area contributed by atoms with E-state index in [1.807, 2.05) is 24.1 Å². The van der Waals surface area contributed by atoms with Gasteiger partial charge in [0, 0.05) is 13.6 Å². The largest absolute Gasteiger partial charge is 0.334 e. The number of aromatic nitrogens is 2. The fraction of sp³-hybridized carbons (Fsp3) is 0.545. The predicted molar refractivity (Wildman–Crippen MR) is 60.0 cm³/mol. The highest BCUT2D eigenvalue weighted by atomic mass is 15.0. The monoisotopic (exact) mass is 193 g/mol. The highest BCUT2D eigenvalue weighted by Gasteiger charge is 1.97. The number of likely N-dealkylation sites (N-methyl/N-ethyl adjacent to an activating group) is 1. The molecule has 14 heavy (non-hydrogen) atoms. The van der Waals surface area contributed by atoms with Crippen molar-refractivity contribution in [3.8, 4) is 0 Å². The van der Waals surface area contributed by atoms with Gasteiger partial charge in [0.25, 0.3) is 0 Å². The van der Waals surface area contributed by atoms with Crippen molar-refractivity contribution in [3.63, 3.8) is 0 Å². The average Bonchev–Trinajstić information content (AvgIpc) is 2.59. The predicted octanol–water partition coefficient (Wildman–Crippen LogP) is 1.82. The minimum Gasteiger partial charge on any atom is -0.334 e. The maximum atomic E-state index is 4.09. The zero-order valence-corrected chi connectivity index (χ0v) is 9.25. The number of nitrogens with one attached hydrogen (secondary N) is 1. The van der Waals surface area contributed by atoms with E-state index in [0.717, 1.165) is 19.5 Å². The molecule has 0 aromatic carbocycles. The van der Waals surface area contributed by atoms with Crippen molar-refractivity contribution in [1.29, 1.82) is 0 Å². The van der Waals surface area contributed by atoms with Crippen molar-refractivity contribution >= 4 is 6.08 Å². The van der Waals surface area contributed by atoms with Gasteiger partial charge in [0.15, 0.2) is 0 Å². The highest BCUT2D eigenvalue weighted by molar-refractivity contribution is 5.48. The maximum absolute atomic E-state index is 4.09. The molecule has 0 radical (unpaired) electrons. The van der Waals surface area contributed by atoms with E-state index in [1.165, 1.54) is 11.3 Å². The molecule has 1 aromatic heterocycles. The molecule has 0 aliphatic carbocycles. The summed E-state index contributed by atoms with van der Waals surface area (Å²) in [5.74, 6) is 0. The first kappa shape index (κ1) is 11.0. The fourth-order valence-corrected chi connectivity index (χ4v) is 1.28. The Kier molecular flexibility index (Phi) is 4.40. The summed E-state index contributed by atoms with van der Waals surface area (Å²) in [5.41, 5.74) is 2.58. The van der Waals surface area contributed by atoms with Gasteiger partial charge >= 0.3 is 0 Å². The number of hydrogen-bond donors (Lipinski definition) is 1. The lowest BCUT2D eigenvalue weighted by Gasteiger charge is -2.05. The van der Waals surface area contributed by atoms with E-state index >= 15 is 0 Å². The molecular weight excluding hydrogens is 174 g/mol. The van der Waals surface area contributed by atoms with Crippen LogP contribution in [0.15, 0.2) is 18.1 Å². The minimum absolute atomic E-state index is 0.970. The molecule has 0 saturated carbocycles. The van der Waals surface area contributed by atoms with E-state index in [9.17, 15) is 0 Å². The number of aryl methyl sites for hydroxylation is 1. The van der Waals surface area contributed by atoms with Crippen LogP contribution < -0.4 is 5.32 Å². The van der Waals surface area contributed by atoms with Crippen LogP contribution in [0.1, 0.15) is 26.0 Å². The summed E-state index contributed by atoms with van der Waals surface area (Å²) in [4.78, 5) is 4.09. The third kappa shape index (κ3) is 3.00. The first-order chi connectivity index (χ1) is 6.77. The Bertz CT molecular complexity index is 299. The van der Waals surface area contributed by atoms with Crippen LogP contribution >= 0.6 is 0 Å². The molecule has 0 fully saturated rings. The molecule has 78 valence electrons. The van der Waals surface area contributed by atoms with E-state index < -0.39 is 0 Å². The molecule has 0 amide bonds. The van der Waals surface area contributed by atoms with Crippen LogP contribution in [0, 0.1) is 0 Å². The lowest BCUT2D eigenvalue weighted by atomic mass is 10.1. The maximum Gasteiger partial charge on any atom is 0.0948 e. The van der Waals surface area contributed by atoms with Gasteiger partial charge in [-0.05, 0) is 19.0 Å². The third-order valence-corrected chi connectivity index (χ3v) is 2.26. The molecule has 0 aliphatic rings. The topological polar surface area (TPSA) is 29.9 Å². The van der Waals surface area contributed by atoms with Crippen molar-refractivity contribution in [2.24, 2.45) is 7.05 Å². The normalized spacial score (nSPS) is 12.1. The number of nitrogens with zero attached hydrogens (tertiary/aromatic N) is 2. The first-order valence-electron chi connectivity index (χ1n) is 5.14. The Balaban J connectivity index is 2.68. The summed E-state index contributed by atoms with van der Waals surface area (Å²) in [6, 6.07) is 0. The van der Waals surface area contributed by atoms with Gasteiger partial charge in [-0.25, -0.2) is 4.98 Å². The zero-order valence-electron chi connectivity index (χ0n) is 9.25. The number of rotatable bonds is 5. The van der Waals surface area contributed by atoms with Gasteiger partial charge in [0.2, 0.25) is 0 Å². The van der Waals surface area contributed by atoms with Crippen molar-refractivity contribution in [2.45, 2.75) is 20.3 Å². The smallest absolute Gasteiger partial charge is 0.0948 e. The van der Waals surface area contributed by atoms with Gasteiger partial charge < -0.3 is 9.88 Å². The summed E-state index contributed by atoms with van der Waals surface area (Å²) < 4.78 is 2.03. The quantitative estimate of drug-likeness (QED) is 0.773. The van der Waals surface area contributed by atoms with Gasteiger partial charge in [-0.15, -0.1) is 0 Å². The van der Waals surface area contributed by atoms with E-state index in [2.05, 4.69) is 30.2 Å². The Morgan fingerprint density at radius 2 is 2.36 bits per heavy atom. The van der Waals surface area contributed by atoms with Crippen molar-refractivity contribution in [3.05, 3.63) is 23.8 Å². The molecule has 3 nitrogen and oxygen atoms in total. The molecule has 0 unspecified atom stereocenters. The molecule has 0 spiro atoms.